The number of esters is 1. The molecule has 1 aliphatic carbocycles. The smallest absolute Gasteiger partial charge is 0.407 e. The number of allylic oxidation sites excluding steroid dienone is 2. The van der Waals surface area contributed by atoms with Gasteiger partial charge in [0.2, 0.25) is 11.8 Å². The van der Waals surface area contributed by atoms with E-state index in [9.17, 15) is 24.3 Å². The van der Waals surface area contributed by atoms with Crippen LogP contribution in [-0.2, 0) is 36.2 Å². The molecule has 0 bridgehead atoms. The van der Waals surface area contributed by atoms with E-state index in [0.29, 0.717) is 30.9 Å². The second kappa shape index (κ2) is 20.5. The number of carbonyl (C=O) groups excluding carboxylic acids is 4. The molecule has 6 rings (SSSR count). The summed E-state index contributed by atoms with van der Waals surface area (Å²) in [7, 11) is 0. The molecule has 3 amide bonds. The van der Waals surface area contributed by atoms with Gasteiger partial charge in [0, 0.05) is 36.9 Å². The van der Waals surface area contributed by atoms with Crippen LogP contribution in [0.3, 0.4) is 0 Å². The SMILES string of the molecule is O=C(NC1CCC=CCC(CC(=O)N(CCO)Cc2ccccc2)C(=O)NC(CSCc2ccccc2)COC1=O)OCC1c2ccccc2-c2ccccc21. The number of nitrogens with zero attached hydrogens (tertiary/aromatic N) is 1. The van der Waals surface area contributed by atoms with E-state index < -0.39 is 30.1 Å². The average Bonchev–Trinajstić information content (AvgIpc) is 3.54. The number of aliphatic hydroxyl groups excluding tert-OH is 1. The van der Waals surface area contributed by atoms with Crippen LogP contribution in [0, 0.1) is 5.92 Å². The summed E-state index contributed by atoms with van der Waals surface area (Å²) in [4.78, 5) is 55.9. The van der Waals surface area contributed by atoms with E-state index >= 15 is 0 Å². The monoisotopic (exact) mass is 775 g/mol. The van der Waals surface area contributed by atoms with Crippen LogP contribution in [0.25, 0.3) is 11.1 Å². The fourth-order valence-corrected chi connectivity index (χ4v) is 8.15. The summed E-state index contributed by atoms with van der Waals surface area (Å²) in [5.41, 5.74) is 6.45. The molecule has 4 aromatic carbocycles. The first-order valence-electron chi connectivity index (χ1n) is 19.2. The van der Waals surface area contributed by atoms with Crippen LogP contribution in [0.4, 0.5) is 4.79 Å². The van der Waals surface area contributed by atoms with Gasteiger partial charge in [0.15, 0.2) is 0 Å². The maximum absolute atomic E-state index is 13.9. The number of hydrogen-bond acceptors (Lipinski definition) is 8. The molecule has 292 valence electrons. The maximum atomic E-state index is 13.9. The molecule has 1 heterocycles. The van der Waals surface area contributed by atoms with Crippen LogP contribution in [0.5, 0.6) is 0 Å². The highest BCUT2D eigenvalue weighted by Gasteiger charge is 2.31. The zero-order valence-electron chi connectivity index (χ0n) is 31.4. The Bertz CT molecular complexity index is 1910. The molecule has 11 heteroatoms. The van der Waals surface area contributed by atoms with Crippen molar-refractivity contribution >= 4 is 35.6 Å². The third-order valence-electron chi connectivity index (χ3n) is 10.1. The lowest BCUT2D eigenvalue weighted by atomic mass is 9.98. The van der Waals surface area contributed by atoms with Crippen LogP contribution in [0.1, 0.15) is 53.9 Å². The number of nitrogens with one attached hydrogen (secondary N) is 2. The molecule has 0 saturated carbocycles. The van der Waals surface area contributed by atoms with Gasteiger partial charge in [-0.1, -0.05) is 121 Å². The van der Waals surface area contributed by atoms with Crippen molar-refractivity contribution in [1.82, 2.24) is 15.5 Å². The average molecular weight is 776 g/mol. The standard InChI is InChI=1S/C45H49N3O7S/c49-25-24-48(27-32-14-4-1-5-15-32)42(50)26-34-18-8-3-9-23-41(44(52)54-28-35(46-43(34)51)31-56-30-33-16-6-2-7-17-33)47-45(53)55-29-40-38-21-12-10-19-36(38)37-20-11-13-22-39(37)40/h1-8,10-17,19-22,34-35,40-41,49H,9,18,23-31H2,(H,46,51)(H,47,53). The molecule has 0 fully saturated rings. The van der Waals surface area contributed by atoms with Crippen molar-refractivity contribution in [1.29, 1.82) is 0 Å². The molecule has 0 saturated heterocycles. The first kappa shape index (κ1) is 40.3. The van der Waals surface area contributed by atoms with Crippen molar-refractivity contribution < 1.29 is 33.8 Å². The van der Waals surface area contributed by atoms with Gasteiger partial charge in [-0.25, -0.2) is 9.59 Å². The van der Waals surface area contributed by atoms with Crippen LogP contribution in [-0.4, -0.2) is 78.1 Å². The van der Waals surface area contributed by atoms with E-state index in [-0.39, 0.29) is 56.9 Å². The highest BCUT2D eigenvalue weighted by Crippen LogP contribution is 2.44. The fourth-order valence-electron chi connectivity index (χ4n) is 7.14. The zero-order valence-corrected chi connectivity index (χ0v) is 32.2. The van der Waals surface area contributed by atoms with Crippen molar-refractivity contribution in [2.45, 2.75) is 56.0 Å². The molecule has 0 spiro atoms. The number of ether oxygens (including phenoxy) is 2. The summed E-state index contributed by atoms with van der Waals surface area (Å²) < 4.78 is 11.5. The van der Waals surface area contributed by atoms with Crippen molar-refractivity contribution in [2.75, 3.05) is 32.1 Å². The van der Waals surface area contributed by atoms with E-state index in [2.05, 4.69) is 22.8 Å². The minimum atomic E-state index is -0.980. The number of rotatable bonds is 13. The third kappa shape index (κ3) is 11.1. The lowest BCUT2D eigenvalue weighted by Crippen LogP contribution is -2.47. The minimum Gasteiger partial charge on any atom is -0.462 e. The van der Waals surface area contributed by atoms with Gasteiger partial charge in [-0.3, -0.25) is 9.59 Å². The van der Waals surface area contributed by atoms with Crippen molar-refractivity contribution in [3.63, 3.8) is 0 Å². The van der Waals surface area contributed by atoms with Crippen LogP contribution in [0.15, 0.2) is 121 Å². The zero-order chi connectivity index (χ0) is 39.1. The normalized spacial score (nSPS) is 18.6. The van der Waals surface area contributed by atoms with E-state index in [1.54, 1.807) is 16.7 Å². The summed E-state index contributed by atoms with van der Waals surface area (Å²) in [6.45, 7) is 0.248. The van der Waals surface area contributed by atoms with E-state index in [1.807, 2.05) is 109 Å². The molecule has 0 radical (unpaired) electrons. The second-order valence-electron chi connectivity index (χ2n) is 14.1. The summed E-state index contributed by atoms with van der Waals surface area (Å²) in [6.07, 6.45) is 3.87. The molecule has 3 unspecified atom stereocenters. The highest BCUT2D eigenvalue weighted by atomic mass is 32.2. The van der Waals surface area contributed by atoms with Gasteiger partial charge in [-0.15, -0.1) is 0 Å². The van der Waals surface area contributed by atoms with Gasteiger partial charge < -0.3 is 30.1 Å². The van der Waals surface area contributed by atoms with E-state index in [4.69, 9.17) is 9.47 Å². The molecular weight excluding hydrogens is 727 g/mol. The molecule has 10 nitrogen and oxygen atoms in total. The number of carbonyl (C=O) groups is 4. The Morgan fingerprint density at radius 3 is 2.18 bits per heavy atom. The lowest BCUT2D eigenvalue weighted by Gasteiger charge is -2.26. The second-order valence-corrected chi connectivity index (χ2v) is 15.1. The van der Waals surface area contributed by atoms with Gasteiger partial charge >= 0.3 is 12.1 Å². The predicted molar refractivity (Wildman–Crippen MR) is 218 cm³/mol. The largest absolute Gasteiger partial charge is 0.462 e. The molecule has 2 aliphatic rings. The number of aliphatic hydroxyl groups is 1. The van der Waals surface area contributed by atoms with Crippen molar-refractivity contribution in [2.24, 2.45) is 5.92 Å². The van der Waals surface area contributed by atoms with Crippen molar-refractivity contribution in [3.8, 4) is 11.1 Å². The summed E-state index contributed by atoms with van der Waals surface area (Å²) in [6, 6.07) is 34.1. The molecular formula is C45H49N3O7S. The molecule has 3 N–H and O–H groups in total. The predicted octanol–water partition coefficient (Wildman–Crippen LogP) is 6.62. The summed E-state index contributed by atoms with van der Waals surface area (Å²) >= 11 is 1.59. The van der Waals surface area contributed by atoms with Gasteiger partial charge in [0.1, 0.15) is 19.3 Å². The van der Waals surface area contributed by atoms with Gasteiger partial charge in [-0.2, -0.15) is 11.8 Å². The Morgan fingerprint density at radius 1 is 0.857 bits per heavy atom. The number of hydrogen-bond donors (Lipinski definition) is 3. The Hall–Kier alpha value is -5.39. The van der Waals surface area contributed by atoms with Crippen molar-refractivity contribution in [3.05, 3.63) is 144 Å². The van der Waals surface area contributed by atoms with Crippen LogP contribution < -0.4 is 10.6 Å². The first-order valence-corrected chi connectivity index (χ1v) is 20.3. The Kier molecular flexibility index (Phi) is 14.7. The Balaban J connectivity index is 1.12. The number of fused-ring (bicyclic) bond motifs is 3. The number of alkyl carbamates (subject to hydrolysis) is 1. The van der Waals surface area contributed by atoms with Gasteiger partial charge in [0.25, 0.3) is 0 Å². The number of thioether (sulfide) groups is 1. The van der Waals surface area contributed by atoms with Gasteiger partial charge in [-0.05, 0) is 52.6 Å². The molecule has 3 atom stereocenters. The Labute approximate surface area is 332 Å². The molecule has 4 aromatic rings. The number of benzene rings is 4. The summed E-state index contributed by atoms with van der Waals surface area (Å²) in [5, 5.41) is 15.5. The van der Waals surface area contributed by atoms with E-state index in [1.165, 1.54) is 0 Å². The molecule has 56 heavy (non-hydrogen) atoms. The Morgan fingerprint density at radius 2 is 1.50 bits per heavy atom. The highest BCUT2D eigenvalue weighted by molar-refractivity contribution is 7.98. The van der Waals surface area contributed by atoms with Crippen LogP contribution >= 0.6 is 11.8 Å². The number of amides is 3. The fraction of sp³-hybridized carbons (Fsp3) is 0.333. The number of cyclic esters (lactones) is 1. The molecule has 0 aromatic heterocycles. The van der Waals surface area contributed by atoms with Gasteiger partial charge in [0.05, 0.1) is 18.6 Å². The molecule has 1 aliphatic heterocycles. The summed E-state index contributed by atoms with van der Waals surface area (Å²) in [5.74, 6) is -0.869. The third-order valence-corrected chi connectivity index (χ3v) is 11.2. The first-order chi connectivity index (χ1) is 27.4. The minimum absolute atomic E-state index is 0.0569. The lowest BCUT2D eigenvalue weighted by molar-refractivity contribution is -0.147. The topological polar surface area (TPSA) is 134 Å². The van der Waals surface area contributed by atoms with Crippen LogP contribution in [0.2, 0.25) is 0 Å². The quantitative estimate of drug-likeness (QED) is 0.102. The maximum Gasteiger partial charge on any atom is 0.407 e. The van der Waals surface area contributed by atoms with E-state index in [0.717, 1.165) is 33.4 Å².